The Morgan fingerprint density at radius 1 is 1.00 bits per heavy atom. The number of benzene rings is 1. The van der Waals surface area contributed by atoms with Crippen LogP contribution >= 0.6 is 0 Å². The highest BCUT2D eigenvalue weighted by molar-refractivity contribution is 6.00. The van der Waals surface area contributed by atoms with E-state index in [2.05, 4.69) is 60.5 Å². The molecule has 1 aliphatic carbocycles. The number of aryl methyl sites for hydroxylation is 1. The molecule has 5 heteroatoms. The first-order valence-corrected chi connectivity index (χ1v) is 14.0. The zero-order valence-electron chi connectivity index (χ0n) is 21.9. The number of unbranched alkanes of at least 4 members (excludes halogenated alkanes) is 1. The molecule has 1 N–H and O–H groups in total. The van der Waals surface area contributed by atoms with Gasteiger partial charge in [0.15, 0.2) is 0 Å². The minimum Gasteiger partial charge on any atom is -0.342 e. The first-order valence-electron chi connectivity index (χ1n) is 14.0. The maximum atomic E-state index is 13.7. The molecule has 0 saturated carbocycles. The van der Waals surface area contributed by atoms with Crippen molar-refractivity contribution in [2.24, 2.45) is 5.92 Å². The third kappa shape index (κ3) is 6.55. The second-order valence-electron chi connectivity index (χ2n) is 11.3. The molecule has 1 spiro atoms. The average molecular weight is 480 g/mol. The van der Waals surface area contributed by atoms with Crippen LogP contribution in [0.25, 0.3) is 0 Å². The van der Waals surface area contributed by atoms with Gasteiger partial charge in [0.2, 0.25) is 11.8 Å². The van der Waals surface area contributed by atoms with Crippen LogP contribution in [0.3, 0.4) is 0 Å². The number of piperazine rings is 1. The van der Waals surface area contributed by atoms with Gasteiger partial charge >= 0.3 is 0 Å². The number of carbonyl (C=O) groups is 2. The second kappa shape index (κ2) is 12.2. The van der Waals surface area contributed by atoms with Crippen LogP contribution in [0.4, 0.5) is 0 Å². The summed E-state index contributed by atoms with van der Waals surface area (Å²) in [5.41, 5.74) is 2.21. The normalized spacial score (nSPS) is 23.0. The molecular formula is C30H45N3O2. The first kappa shape index (κ1) is 25.9. The highest BCUT2D eigenvalue weighted by Crippen LogP contribution is 2.35. The zero-order chi connectivity index (χ0) is 24.7. The van der Waals surface area contributed by atoms with E-state index in [1.807, 2.05) is 4.90 Å². The Bertz CT molecular complexity index is 871. The highest BCUT2D eigenvalue weighted by Gasteiger charge is 2.53. The second-order valence-corrected chi connectivity index (χ2v) is 11.3. The molecule has 1 aromatic rings. The lowest BCUT2D eigenvalue weighted by molar-refractivity contribution is -0.161. The van der Waals surface area contributed by atoms with Crippen LogP contribution in [0, 0.1) is 5.92 Å². The molecule has 2 amide bonds. The molecule has 2 saturated heterocycles. The number of allylic oxidation sites excluding steroid dienone is 1. The van der Waals surface area contributed by atoms with Crippen LogP contribution < -0.4 is 5.32 Å². The minimum atomic E-state index is -0.666. The van der Waals surface area contributed by atoms with E-state index in [9.17, 15) is 9.59 Å². The molecule has 0 unspecified atom stereocenters. The summed E-state index contributed by atoms with van der Waals surface area (Å²) in [6.07, 6.45) is 13.8. The van der Waals surface area contributed by atoms with Gasteiger partial charge in [-0.25, -0.2) is 0 Å². The minimum absolute atomic E-state index is 0.0871. The molecule has 3 aliphatic rings. The van der Waals surface area contributed by atoms with Gasteiger partial charge in [-0.2, -0.15) is 0 Å². The Hall–Kier alpha value is -2.14. The predicted molar refractivity (Wildman–Crippen MR) is 142 cm³/mol. The largest absolute Gasteiger partial charge is 0.342 e. The maximum absolute atomic E-state index is 13.7. The van der Waals surface area contributed by atoms with Crippen molar-refractivity contribution in [3.63, 3.8) is 0 Å². The number of nitrogens with zero attached hydrogens (tertiary/aromatic N) is 2. The van der Waals surface area contributed by atoms with E-state index >= 15 is 0 Å². The number of likely N-dealkylation sites (tertiary alicyclic amines) is 1. The van der Waals surface area contributed by atoms with Gasteiger partial charge in [-0.05, 0) is 88.7 Å². The number of nitrogens with one attached hydrogen (secondary N) is 1. The first-order chi connectivity index (χ1) is 17.0. The van der Waals surface area contributed by atoms with Crippen molar-refractivity contribution in [3.8, 4) is 0 Å². The molecule has 0 radical (unpaired) electrons. The van der Waals surface area contributed by atoms with Gasteiger partial charge in [0.1, 0.15) is 11.6 Å². The van der Waals surface area contributed by atoms with E-state index in [0.29, 0.717) is 18.9 Å². The number of hydrogen-bond acceptors (Lipinski definition) is 3. The number of hydrogen-bond donors (Lipinski definition) is 1. The molecule has 0 bridgehead atoms. The van der Waals surface area contributed by atoms with Gasteiger partial charge in [0.05, 0.1) is 0 Å². The fraction of sp³-hybridized carbons (Fsp3) is 0.667. The highest BCUT2D eigenvalue weighted by atomic mass is 16.2. The van der Waals surface area contributed by atoms with Crippen LogP contribution in [-0.4, -0.2) is 59.4 Å². The van der Waals surface area contributed by atoms with Crippen LogP contribution in [0.2, 0.25) is 0 Å². The van der Waals surface area contributed by atoms with Crippen molar-refractivity contribution in [2.75, 3.05) is 26.2 Å². The van der Waals surface area contributed by atoms with Gasteiger partial charge in [-0.3, -0.25) is 9.59 Å². The number of rotatable bonds is 10. The van der Waals surface area contributed by atoms with E-state index in [-0.39, 0.29) is 17.9 Å². The van der Waals surface area contributed by atoms with Gasteiger partial charge in [0, 0.05) is 19.6 Å². The van der Waals surface area contributed by atoms with Gasteiger partial charge in [-0.15, -0.1) is 0 Å². The summed E-state index contributed by atoms with van der Waals surface area (Å²) < 4.78 is 0. The lowest BCUT2D eigenvalue weighted by Gasteiger charge is -2.52. The summed E-state index contributed by atoms with van der Waals surface area (Å²) in [6.45, 7) is 7.78. The summed E-state index contributed by atoms with van der Waals surface area (Å²) in [5, 5.41) is 3.15. The van der Waals surface area contributed by atoms with Gasteiger partial charge in [-0.1, -0.05) is 55.8 Å². The maximum Gasteiger partial charge on any atom is 0.246 e. The van der Waals surface area contributed by atoms with Crippen molar-refractivity contribution in [1.29, 1.82) is 0 Å². The Labute approximate surface area is 212 Å². The molecule has 1 aromatic carbocycles. The van der Waals surface area contributed by atoms with Crippen LogP contribution in [0.15, 0.2) is 42.0 Å². The van der Waals surface area contributed by atoms with Gasteiger partial charge in [0.25, 0.3) is 0 Å². The molecule has 2 heterocycles. The third-order valence-corrected chi connectivity index (χ3v) is 8.27. The Kier molecular flexibility index (Phi) is 9.04. The van der Waals surface area contributed by atoms with Crippen LogP contribution in [0.1, 0.15) is 83.6 Å². The Balaban J connectivity index is 1.36. The Morgan fingerprint density at radius 2 is 1.77 bits per heavy atom. The average Bonchev–Trinajstić information content (AvgIpc) is 2.87. The SMILES string of the molecule is CC(C)C[C@@H]1NC(=O)C2(CCN(CCCCc3ccccc3)CC2)N(CCC2=CCCCC2)C1=O. The zero-order valence-corrected chi connectivity index (χ0v) is 21.9. The monoisotopic (exact) mass is 479 g/mol. The van der Waals surface area contributed by atoms with Gasteiger partial charge < -0.3 is 15.1 Å². The Morgan fingerprint density at radius 3 is 2.46 bits per heavy atom. The molecule has 2 fully saturated rings. The number of piperidine rings is 1. The molecule has 5 nitrogen and oxygen atoms in total. The molecule has 4 rings (SSSR count). The summed E-state index contributed by atoms with van der Waals surface area (Å²) >= 11 is 0. The molecule has 0 aromatic heterocycles. The summed E-state index contributed by atoms with van der Waals surface area (Å²) in [7, 11) is 0. The predicted octanol–water partition coefficient (Wildman–Crippen LogP) is 5.11. The molecule has 35 heavy (non-hydrogen) atoms. The molecular weight excluding hydrogens is 434 g/mol. The summed E-state index contributed by atoms with van der Waals surface area (Å²) in [5.74, 6) is 0.606. The quantitative estimate of drug-likeness (QED) is 0.375. The van der Waals surface area contributed by atoms with Crippen molar-refractivity contribution in [2.45, 2.75) is 96.1 Å². The molecule has 192 valence electrons. The van der Waals surface area contributed by atoms with Crippen molar-refractivity contribution >= 4 is 11.8 Å². The molecule has 1 atom stereocenters. The van der Waals surface area contributed by atoms with E-state index in [1.54, 1.807) is 0 Å². The van der Waals surface area contributed by atoms with Crippen molar-refractivity contribution in [3.05, 3.63) is 47.5 Å². The van der Waals surface area contributed by atoms with E-state index in [4.69, 9.17) is 0 Å². The standard InChI is InChI=1S/C30H45N3O2/c1-24(2)23-27-28(34)33(20-16-26-13-7-4-8-14-26)30(29(35)31-27)17-21-32(22-18-30)19-10-9-15-25-11-5-3-6-12-25/h3,5-6,11-13,24,27H,4,7-10,14-23H2,1-2H3,(H,31,35)/t27-/m0/s1. The fourth-order valence-corrected chi connectivity index (χ4v) is 6.17. The summed E-state index contributed by atoms with van der Waals surface area (Å²) in [6, 6.07) is 10.3. The number of carbonyl (C=O) groups excluding carboxylic acids is 2. The molecule has 2 aliphatic heterocycles. The van der Waals surface area contributed by atoms with E-state index < -0.39 is 5.54 Å². The lowest BCUT2D eigenvalue weighted by Crippen LogP contribution is -2.73. The number of amides is 2. The topological polar surface area (TPSA) is 52.7 Å². The van der Waals surface area contributed by atoms with Crippen molar-refractivity contribution < 1.29 is 9.59 Å². The van der Waals surface area contributed by atoms with Crippen molar-refractivity contribution in [1.82, 2.24) is 15.1 Å². The van der Waals surface area contributed by atoms with E-state index in [1.165, 1.54) is 36.8 Å². The lowest BCUT2D eigenvalue weighted by atomic mass is 9.80. The van der Waals surface area contributed by atoms with Crippen LogP contribution in [-0.2, 0) is 16.0 Å². The third-order valence-electron chi connectivity index (χ3n) is 8.27. The van der Waals surface area contributed by atoms with E-state index in [0.717, 1.165) is 58.2 Å². The summed E-state index contributed by atoms with van der Waals surface area (Å²) in [4.78, 5) is 31.7. The fourth-order valence-electron chi connectivity index (χ4n) is 6.17. The smallest absolute Gasteiger partial charge is 0.246 e. The van der Waals surface area contributed by atoms with Crippen LogP contribution in [0.5, 0.6) is 0 Å².